The number of nitrogens with zero attached hydrogens (tertiary/aromatic N) is 12. The SMILES string of the molecule is Cc1cc2c(cn1)c1ccccc1n2-c1ccccc1.Cc1ccc2c(c1)c1cnccc1n2-c1ccccc1.Cc1ccc2c3cnccc3n(-c3ccccc3)c2c1.Cc1cccc2c1c1cnccc1n2-c1ccccc1.Cc1cncc2c3ccccc3n(-c3ccccc3)c12.Cc1nccc2c1c1ccccc1n2-c1ccccc1. The van der Waals surface area contributed by atoms with Crippen molar-refractivity contribution in [3.05, 3.63) is 435 Å². The van der Waals surface area contributed by atoms with Gasteiger partial charge in [-0.1, -0.05) is 200 Å². The predicted octanol–water partition coefficient (Wildman–Crippen LogP) is 26.9. The van der Waals surface area contributed by atoms with Crippen molar-refractivity contribution >= 4 is 131 Å². The molecule has 0 unspecified atom stereocenters. The lowest BCUT2D eigenvalue weighted by molar-refractivity contribution is 1.16. The van der Waals surface area contributed by atoms with Crippen molar-refractivity contribution in [1.82, 2.24) is 57.3 Å². The minimum Gasteiger partial charge on any atom is -0.309 e. The molecule has 0 aliphatic carbocycles. The zero-order chi connectivity index (χ0) is 81.2. The average Bonchev–Trinajstić information content (AvgIpc) is 1.62. The minimum absolute atomic E-state index is 1.04. The first kappa shape index (κ1) is 74.4. The average molecular weight is 1550 g/mol. The molecule has 12 heteroatoms. The van der Waals surface area contributed by atoms with Gasteiger partial charge < -0.3 is 27.4 Å². The summed E-state index contributed by atoms with van der Waals surface area (Å²) in [4.78, 5) is 26.1. The van der Waals surface area contributed by atoms with Gasteiger partial charge in [-0.2, -0.15) is 0 Å². The topological polar surface area (TPSA) is 107 Å². The number of hydrogen-bond acceptors (Lipinski definition) is 6. The molecule has 0 amide bonds. The highest BCUT2D eigenvalue weighted by atomic mass is 15.0. The molecule has 0 radical (unpaired) electrons. The highest BCUT2D eigenvalue weighted by Crippen LogP contribution is 2.39. The molecule has 576 valence electrons. The molecule has 12 aromatic carbocycles. The fourth-order valence-electron chi connectivity index (χ4n) is 17.3. The molecule has 0 aliphatic heterocycles. The summed E-state index contributed by atoms with van der Waals surface area (Å²) in [5, 5.41) is 14.8. The van der Waals surface area contributed by atoms with E-state index in [-0.39, 0.29) is 0 Å². The number of rotatable bonds is 6. The maximum atomic E-state index is 4.45. The summed E-state index contributed by atoms with van der Waals surface area (Å²) in [6.07, 6.45) is 19.2. The smallest absolute Gasteiger partial charge is 0.0601 e. The molecule has 120 heavy (non-hydrogen) atoms. The Bertz CT molecular complexity index is 7410. The number of hydrogen-bond donors (Lipinski definition) is 0. The lowest BCUT2D eigenvalue weighted by Crippen LogP contribution is -1.94. The highest BCUT2D eigenvalue weighted by Gasteiger charge is 2.20. The molecule has 0 fully saturated rings. The van der Waals surface area contributed by atoms with E-state index in [4.69, 9.17) is 0 Å². The lowest BCUT2D eigenvalue weighted by atomic mass is 10.1. The van der Waals surface area contributed by atoms with Gasteiger partial charge in [-0.3, -0.25) is 29.9 Å². The molecule has 24 rings (SSSR count). The second kappa shape index (κ2) is 32.6. The van der Waals surface area contributed by atoms with Crippen LogP contribution in [0.3, 0.4) is 0 Å². The number of aromatic nitrogens is 12. The van der Waals surface area contributed by atoms with Crippen LogP contribution in [0.4, 0.5) is 0 Å². The van der Waals surface area contributed by atoms with Gasteiger partial charge in [0.25, 0.3) is 0 Å². The summed E-state index contributed by atoms with van der Waals surface area (Å²) in [6, 6.07) is 118. The zero-order valence-corrected chi connectivity index (χ0v) is 67.5. The summed E-state index contributed by atoms with van der Waals surface area (Å²) in [5.41, 5.74) is 28.9. The molecule has 12 nitrogen and oxygen atoms in total. The van der Waals surface area contributed by atoms with Gasteiger partial charge >= 0.3 is 0 Å². The first-order valence-electron chi connectivity index (χ1n) is 40.5. The number of para-hydroxylation sites is 9. The fraction of sp³-hybridized carbons (Fsp3) is 0.0556. The standard InChI is InChI=1S/6C18H14N2/c1-13-6-5-9-17-18(13)15-12-19-11-10-16(15)20(17)14-7-3-2-4-8-14;1-13-11-19-12-16-15-9-5-6-10-17(15)20(18(13)16)14-7-3-2-4-8-14;1-13-11-18-16(12-19-13)15-9-5-6-10-17(15)20(18)14-7-3-2-4-8-14;1-13-18-15-9-5-6-10-16(15)20(17(18)11-12-19-13)14-7-3-2-4-8-14;1-13-7-8-17-15(11-13)16-12-19-10-9-18(16)20(17)14-5-3-2-4-6-14;1-13-7-8-15-16-12-19-10-9-17(16)20(18(15)11-13)14-5-3-2-4-6-14/h6*2-12H,1H3. The Hall–Kier alpha value is -15.7. The van der Waals surface area contributed by atoms with Crippen LogP contribution in [0.25, 0.3) is 165 Å². The zero-order valence-electron chi connectivity index (χ0n) is 67.5. The van der Waals surface area contributed by atoms with Gasteiger partial charge in [0.05, 0.1) is 66.2 Å². The number of benzene rings is 12. The second-order valence-corrected chi connectivity index (χ2v) is 30.3. The Balaban J connectivity index is 0.0000000952. The van der Waals surface area contributed by atoms with E-state index in [1.807, 2.05) is 105 Å². The number of aryl methyl sites for hydroxylation is 6. The summed E-state index contributed by atoms with van der Waals surface area (Å²) in [5.74, 6) is 0. The third-order valence-electron chi connectivity index (χ3n) is 22.6. The summed E-state index contributed by atoms with van der Waals surface area (Å²) < 4.78 is 13.8. The number of pyridine rings is 6. The predicted molar refractivity (Wildman–Crippen MR) is 500 cm³/mol. The van der Waals surface area contributed by atoms with Crippen molar-refractivity contribution in [3.8, 4) is 34.1 Å². The minimum atomic E-state index is 1.04. The molecule has 12 heterocycles. The van der Waals surface area contributed by atoms with Gasteiger partial charge in [0.2, 0.25) is 0 Å². The van der Waals surface area contributed by atoms with E-state index < -0.39 is 0 Å². The quantitative estimate of drug-likeness (QED) is 0.164. The summed E-state index contributed by atoms with van der Waals surface area (Å²) >= 11 is 0. The maximum absolute atomic E-state index is 4.45. The van der Waals surface area contributed by atoms with Crippen molar-refractivity contribution in [2.24, 2.45) is 0 Å². The van der Waals surface area contributed by atoms with Crippen LogP contribution in [0.1, 0.15) is 33.6 Å². The van der Waals surface area contributed by atoms with Crippen LogP contribution in [-0.4, -0.2) is 57.3 Å². The van der Waals surface area contributed by atoms with Gasteiger partial charge in [-0.25, -0.2) is 0 Å². The van der Waals surface area contributed by atoms with E-state index in [0.717, 1.165) is 11.4 Å². The van der Waals surface area contributed by atoms with Gasteiger partial charge in [0, 0.05) is 172 Å². The van der Waals surface area contributed by atoms with Crippen LogP contribution in [-0.2, 0) is 0 Å². The Morgan fingerprint density at radius 2 is 0.550 bits per heavy atom. The van der Waals surface area contributed by atoms with Crippen LogP contribution in [0.15, 0.2) is 402 Å². The molecule has 0 N–H and O–H groups in total. The molecule has 0 spiro atoms. The first-order valence-corrected chi connectivity index (χ1v) is 40.5. The van der Waals surface area contributed by atoms with Crippen molar-refractivity contribution in [3.63, 3.8) is 0 Å². The summed E-state index contributed by atoms with van der Waals surface area (Å²) in [6.45, 7) is 12.6. The van der Waals surface area contributed by atoms with Crippen LogP contribution in [0, 0.1) is 41.5 Å². The molecular formula is C108H84N12. The molecule has 12 aromatic heterocycles. The van der Waals surface area contributed by atoms with Crippen molar-refractivity contribution in [2.75, 3.05) is 0 Å². The van der Waals surface area contributed by atoms with E-state index in [9.17, 15) is 0 Å². The van der Waals surface area contributed by atoms with Gasteiger partial charge in [-0.15, -0.1) is 0 Å². The Kier molecular flexibility index (Phi) is 20.2. The monoisotopic (exact) mass is 1550 g/mol. The Morgan fingerprint density at radius 1 is 0.192 bits per heavy atom. The van der Waals surface area contributed by atoms with Crippen LogP contribution >= 0.6 is 0 Å². The van der Waals surface area contributed by atoms with E-state index in [0.29, 0.717) is 0 Å². The van der Waals surface area contributed by atoms with Gasteiger partial charge in [-0.05, 0) is 204 Å². The maximum Gasteiger partial charge on any atom is 0.0601 e. The largest absolute Gasteiger partial charge is 0.309 e. The van der Waals surface area contributed by atoms with E-state index >= 15 is 0 Å². The molecule has 0 saturated heterocycles. The second-order valence-electron chi connectivity index (χ2n) is 30.3. The fourth-order valence-corrected chi connectivity index (χ4v) is 17.3. The molecule has 24 aromatic rings. The van der Waals surface area contributed by atoms with Gasteiger partial charge in [0.15, 0.2) is 0 Å². The van der Waals surface area contributed by atoms with E-state index in [1.165, 1.54) is 187 Å². The highest BCUT2D eigenvalue weighted by molar-refractivity contribution is 6.14. The lowest BCUT2D eigenvalue weighted by Gasteiger charge is -2.08. The molecule has 0 atom stereocenters. The third-order valence-corrected chi connectivity index (χ3v) is 22.6. The van der Waals surface area contributed by atoms with Gasteiger partial charge in [0.1, 0.15) is 0 Å². The van der Waals surface area contributed by atoms with E-state index in [2.05, 4.69) is 395 Å². The molecular weight excluding hydrogens is 1470 g/mol. The van der Waals surface area contributed by atoms with Crippen molar-refractivity contribution in [1.29, 1.82) is 0 Å². The molecule has 0 aliphatic rings. The molecule has 0 saturated carbocycles. The van der Waals surface area contributed by atoms with Crippen LogP contribution < -0.4 is 0 Å². The van der Waals surface area contributed by atoms with Crippen molar-refractivity contribution in [2.45, 2.75) is 41.5 Å². The third kappa shape index (κ3) is 13.9. The Morgan fingerprint density at radius 3 is 1.10 bits per heavy atom. The first-order chi connectivity index (χ1) is 59.1. The van der Waals surface area contributed by atoms with E-state index in [1.54, 1.807) is 0 Å². The summed E-state index contributed by atoms with van der Waals surface area (Å²) in [7, 11) is 0. The Labute approximate surface area is 694 Å². The van der Waals surface area contributed by atoms with Crippen LogP contribution in [0.5, 0.6) is 0 Å². The number of fused-ring (bicyclic) bond motifs is 18. The van der Waals surface area contributed by atoms with Crippen molar-refractivity contribution < 1.29 is 0 Å². The molecule has 0 bridgehead atoms. The van der Waals surface area contributed by atoms with Crippen LogP contribution in [0.2, 0.25) is 0 Å². The normalized spacial score (nSPS) is 11.2.